The third-order valence-corrected chi connectivity index (χ3v) is 4.14. The molecule has 0 radical (unpaired) electrons. The van der Waals surface area contributed by atoms with Crippen LogP contribution in [0.25, 0.3) is 0 Å². The van der Waals surface area contributed by atoms with E-state index in [0.29, 0.717) is 18.4 Å². The summed E-state index contributed by atoms with van der Waals surface area (Å²) in [6, 6.07) is 6.23. The second kappa shape index (κ2) is 11.1. The van der Waals surface area contributed by atoms with Crippen LogP contribution in [0.3, 0.4) is 0 Å². The molecule has 2 rings (SSSR count). The molecule has 0 saturated carbocycles. The van der Waals surface area contributed by atoms with Gasteiger partial charge < -0.3 is 16.0 Å². The van der Waals surface area contributed by atoms with Crippen LogP contribution in [0.15, 0.2) is 22.7 Å². The Bertz CT molecular complexity index is 494. The number of rotatable bonds is 6. The summed E-state index contributed by atoms with van der Waals surface area (Å²) >= 11 is 3.46. The Morgan fingerprint density at radius 3 is 2.70 bits per heavy atom. The molecule has 7 heteroatoms. The van der Waals surface area contributed by atoms with Crippen LogP contribution in [-0.4, -0.2) is 25.0 Å². The smallest absolute Gasteiger partial charge is 0.224 e. The Balaban J connectivity index is 0.00000242. The zero-order valence-corrected chi connectivity index (χ0v) is 16.7. The summed E-state index contributed by atoms with van der Waals surface area (Å²) in [6.07, 6.45) is 2.73. The van der Waals surface area contributed by atoms with E-state index in [1.54, 1.807) is 0 Å². The van der Waals surface area contributed by atoms with Crippen LogP contribution in [0.4, 0.5) is 11.4 Å². The topological polar surface area (TPSA) is 53.2 Å². The fraction of sp³-hybridized carbons (Fsp3) is 0.562. The number of amides is 1. The Hall–Kier alpha value is -0.490. The van der Waals surface area contributed by atoms with Gasteiger partial charge in [0.15, 0.2) is 0 Å². The maximum Gasteiger partial charge on any atom is 0.224 e. The van der Waals surface area contributed by atoms with Gasteiger partial charge in [0.05, 0.1) is 11.4 Å². The van der Waals surface area contributed by atoms with Crippen LogP contribution < -0.4 is 16.0 Å². The second-order valence-electron chi connectivity index (χ2n) is 5.93. The molecular weight excluding hydrogens is 401 g/mol. The summed E-state index contributed by atoms with van der Waals surface area (Å²) in [5.74, 6) is 0.735. The van der Waals surface area contributed by atoms with Crippen LogP contribution >= 0.6 is 40.7 Å². The molecule has 1 fully saturated rings. The summed E-state index contributed by atoms with van der Waals surface area (Å²) in [5.41, 5.74) is 1.80. The van der Waals surface area contributed by atoms with Gasteiger partial charge in [0.1, 0.15) is 0 Å². The normalized spacial score (nSPS) is 16.4. The number of anilines is 2. The zero-order valence-electron chi connectivity index (χ0n) is 13.5. The first-order chi connectivity index (χ1) is 10.0. The Morgan fingerprint density at radius 2 is 2.09 bits per heavy atom. The van der Waals surface area contributed by atoms with Gasteiger partial charge in [-0.15, -0.1) is 24.8 Å². The first kappa shape index (κ1) is 22.5. The zero-order chi connectivity index (χ0) is 15.2. The number of nitrogens with one attached hydrogen (secondary N) is 3. The van der Waals surface area contributed by atoms with E-state index in [4.69, 9.17) is 0 Å². The van der Waals surface area contributed by atoms with Gasteiger partial charge in [0.25, 0.3) is 0 Å². The summed E-state index contributed by atoms with van der Waals surface area (Å²) < 4.78 is 0.965. The van der Waals surface area contributed by atoms with E-state index >= 15 is 0 Å². The Kier molecular flexibility index (Phi) is 10.9. The highest BCUT2D eigenvalue weighted by molar-refractivity contribution is 9.10. The van der Waals surface area contributed by atoms with Gasteiger partial charge in [-0.05, 0) is 63.9 Å². The standard InChI is InChI=1S/C16H24BrN3O.2ClH/c1-11(2)19-14-5-4-13(17)9-15(14)20-16(21)6-3-12-7-8-18-10-12;;/h4-5,9,11-12,18-19H,3,6-8,10H2,1-2H3,(H,20,21);2*1H. The van der Waals surface area contributed by atoms with Crippen molar-refractivity contribution >= 4 is 58.0 Å². The second-order valence-corrected chi connectivity index (χ2v) is 6.85. The number of hydrogen-bond acceptors (Lipinski definition) is 3. The fourth-order valence-corrected chi connectivity index (χ4v) is 2.93. The lowest BCUT2D eigenvalue weighted by Crippen LogP contribution is -2.17. The van der Waals surface area contributed by atoms with Crippen LogP contribution in [0, 0.1) is 5.92 Å². The van der Waals surface area contributed by atoms with Gasteiger partial charge >= 0.3 is 0 Å². The van der Waals surface area contributed by atoms with Crippen molar-refractivity contribution in [3.05, 3.63) is 22.7 Å². The lowest BCUT2D eigenvalue weighted by molar-refractivity contribution is -0.116. The van der Waals surface area contributed by atoms with Crippen LogP contribution in [0.2, 0.25) is 0 Å². The summed E-state index contributed by atoms with van der Waals surface area (Å²) in [4.78, 5) is 12.1. The molecule has 1 amide bonds. The first-order valence-corrected chi connectivity index (χ1v) is 8.40. The van der Waals surface area contributed by atoms with Gasteiger partial charge in [0.2, 0.25) is 5.91 Å². The van der Waals surface area contributed by atoms with Crippen LogP contribution in [-0.2, 0) is 4.79 Å². The molecule has 1 atom stereocenters. The van der Waals surface area contributed by atoms with Gasteiger partial charge in [-0.2, -0.15) is 0 Å². The minimum Gasteiger partial charge on any atom is -0.381 e. The molecule has 1 heterocycles. The first-order valence-electron chi connectivity index (χ1n) is 7.61. The monoisotopic (exact) mass is 425 g/mol. The Morgan fingerprint density at radius 1 is 1.35 bits per heavy atom. The molecule has 1 saturated heterocycles. The van der Waals surface area contributed by atoms with Crippen molar-refractivity contribution in [1.82, 2.24) is 5.32 Å². The number of halogens is 3. The van der Waals surface area contributed by atoms with E-state index in [1.165, 1.54) is 6.42 Å². The highest BCUT2D eigenvalue weighted by Crippen LogP contribution is 2.27. The van der Waals surface area contributed by atoms with Crippen molar-refractivity contribution in [2.75, 3.05) is 23.7 Å². The largest absolute Gasteiger partial charge is 0.381 e. The van der Waals surface area contributed by atoms with Gasteiger partial charge in [0, 0.05) is 16.9 Å². The highest BCUT2D eigenvalue weighted by atomic mass is 79.9. The molecule has 23 heavy (non-hydrogen) atoms. The Labute approximate surface area is 159 Å². The van der Waals surface area contributed by atoms with Gasteiger partial charge in [-0.1, -0.05) is 15.9 Å². The molecule has 1 aromatic carbocycles. The fourth-order valence-electron chi connectivity index (χ4n) is 2.57. The van der Waals surface area contributed by atoms with E-state index < -0.39 is 0 Å². The molecule has 132 valence electrons. The maximum atomic E-state index is 12.1. The number of benzene rings is 1. The molecule has 1 aromatic rings. The molecule has 1 aliphatic rings. The quantitative estimate of drug-likeness (QED) is 0.630. The van der Waals surface area contributed by atoms with E-state index in [2.05, 4.69) is 45.7 Å². The third kappa shape index (κ3) is 7.75. The molecule has 1 aliphatic heterocycles. The van der Waals surface area contributed by atoms with Crippen molar-refractivity contribution in [3.63, 3.8) is 0 Å². The molecule has 4 nitrogen and oxygen atoms in total. The average molecular weight is 427 g/mol. The van der Waals surface area contributed by atoms with Crippen molar-refractivity contribution < 1.29 is 4.79 Å². The third-order valence-electron chi connectivity index (χ3n) is 3.64. The molecule has 3 N–H and O–H groups in total. The highest BCUT2D eigenvalue weighted by Gasteiger charge is 2.16. The molecule has 1 unspecified atom stereocenters. The van der Waals surface area contributed by atoms with Crippen molar-refractivity contribution in [1.29, 1.82) is 0 Å². The van der Waals surface area contributed by atoms with Crippen LogP contribution in [0.1, 0.15) is 33.1 Å². The van der Waals surface area contributed by atoms with Gasteiger partial charge in [-0.3, -0.25) is 4.79 Å². The van der Waals surface area contributed by atoms with E-state index in [1.807, 2.05) is 18.2 Å². The molecular formula is C16H26BrCl2N3O. The summed E-state index contributed by atoms with van der Waals surface area (Å²) in [7, 11) is 0. The predicted octanol–water partition coefficient (Wildman–Crippen LogP) is 4.44. The van der Waals surface area contributed by atoms with E-state index in [-0.39, 0.29) is 30.7 Å². The van der Waals surface area contributed by atoms with Crippen molar-refractivity contribution in [3.8, 4) is 0 Å². The summed E-state index contributed by atoms with van der Waals surface area (Å²) in [5, 5.41) is 9.72. The van der Waals surface area contributed by atoms with Gasteiger partial charge in [-0.25, -0.2) is 0 Å². The minimum absolute atomic E-state index is 0. The predicted molar refractivity (Wildman–Crippen MR) is 106 cm³/mol. The maximum absolute atomic E-state index is 12.1. The number of hydrogen-bond donors (Lipinski definition) is 3. The van der Waals surface area contributed by atoms with E-state index in [0.717, 1.165) is 35.4 Å². The molecule has 0 aromatic heterocycles. The average Bonchev–Trinajstić information content (AvgIpc) is 2.92. The van der Waals surface area contributed by atoms with Crippen molar-refractivity contribution in [2.24, 2.45) is 5.92 Å². The lowest BCUT2D eigenvalue weighted by Gasteiger charge is -2.16. The minimum atomic E-state index is 0. The van der Waals surface area contributed by atoms with Crippen molar-refractivity contribution in [2.45, 2.75) is 39.2 Å². The summed E-state index contributed by atoms with van der Waals surface area (Å²) in [6.45, 7) is 6.30. The SMILES string of the molecule is CC(C)Nc1ccc(Br)cc1NC(=O)CCC1CCNC1.Cl.Cl. The molecule has 0 bridgehead atoms. The number of carbonyl (C=O) groups excluding carboxylic acids is 1. The van der Waals surface area contributed by atoms with Crippen LogP contribution in [0.5, 0.6) is 0 Å². The lowest BCUT2D eigenvalue weighted by atomic mass is 10.0. The van der Waals surface area contributed by atoms with E-state index in [9.17, 15) is 4.79 Å². The number of carbonyl (C=O) groups is 1. The molecule has 0 spiro atoms. The molecule has 0 aliphatic carbocycles.